The molecule has 0 unspecified atom stereocenters. The Morgan fingerprint density at radius 2 is 2.23 bits per heavy atom. The molecule has 22 heavy (non-hydrogen) atoms. The highest BCUT2D eigenvalue weighted by Crippen LogP contribution is 2.07. The summed E-state index contributed by atoms with van der Waals surface area (Å²) in [6.07, 6.45) is 4.21. The number of aryl methyl sites for hydroxylation is 3. The van der Waals surface area contributed by atoms with Crippen LogP contribution in [0.15, 0.2) is 24.5 Å². The molecule has 0 aliphatic rings. The number of nitrogens with zero attached hydrogens (tertiary/aromatic N) is 6. The van der Waals surface area contributed by atoms with Gasteiger partial charge in [-0.3, -0.25) is 4.79 Å². The summed E-state index contributed by atoms with van der Waals surface area (Å²) in [6.45, 7) is 4.71. The molecule has 3 heterocycles. The molecule has 1 amide bonds. The topological polar surface area (TPSA) is 90.0 Å². The summed E-state index contributed by atoms with van der Waals surface area (Å²) >= 11 is 0. The molecule has 8 nitrogen and oxygen atoms in total. The second-order valence-corrected chi connectivity index (χ2v) is 5.18. The summed E-state index contributed by atoms with van der Waals surface area (Å²) in [5, 5.41) is 14.0. The number of fused-ring (bicyclic) bond motifs is 1. The van der Waals surface area contributed by atoms with Gasteiger partial charge in [-0.25, -0.2) is 9.67 Å². The van der Waals surface area contributed by atoms with E-state index in [4.69, 9.17) is 0 Å². The van der Waals surface area contributed by atoms with Crippen molar-refractivity contribution in [3.63, 3.8) is 0 Å². The summed E-state index contributed by atoms with van der Waals surface area (Å²) in [6, 6.07) is 4.03. The van der Waals surface area contributed by atoms with Crippen LogP contribution in [0.25, 0.3) is 5.65 Å². The number of rotatable bonds is 5. The highest BCUT2D eigenvalue weighted by atomic mass is 16.1. The standard InChI is InChI=1S/C14H17N7O/c1-10-3-5-20-9-12(16-13(20)7-10)8-15-14(22)4-6-21-11(2)17-18-19-21/h3,5,7,9H,4,6,8H2,1-2H3,(H,15,22). The van der Waals surface area contributed by atoms with Crippen LogP contribution >= 0.6 is 0 Å². The first-order chi connectivity index (χ1) is 10.6. The SMILES string of the molecule is Cc1ccn2cc(CNC(=O)CCn3nnnc3C)nc2c1. The molecule has 0 fully saturated rings. The van der Waals surface area contributed by atoms with Gasteiger partial charge in [0.25, 0.3) is 0 Å². The molecule has 0 saturated heterocycles. The fourth-order valence-electron chi connectivity index (χ4n) is 2.16. The van der Waals surface area contributed by atoms with Crippen molar-refractivity contribution >= 4 is 11.6 Å². The molecular formula is C14H17N7O. The Morgan fingerprint density at radius 1 is 1.36 bits per heavy atom. The van der Waals surface area contributed by atoms with Gasteiger partial charge in [0.15, 0.2) is 0 Å². The molecule has 0 radical (unpaired) electrons. The third-order valence-corrected chi connectivity index (χ3v) is 3.39. The lowest BCUT2D eigenvalue weighted by Gasteiger charge is -2.03. The van der Waals surface area contributed by atoms with Crippen molar-refractivity contribution in [2.45, 2.75) is 33.4 Å². The third kappa shape index (κ3) is 3.11. The van der Waals surface area contributed by atoms with Crippen molar-refractivity contribution in [1.82, 2.24) is 34.9 Å². The van der Waals surface area contributed by atoms with Crippen LogP contribution in [0.4, 0.5) is 0 Å². The number of nitrogens with one attached hydrogen (secondary N) is 1. The molecule has 0 bridgehead atoms. The quantitative estimate of drug-likeness (QED) is 0.747. The Kier molecular flexibility index (Phi) is 3.82. The van der Waals surface area contributed by atoms with Gasteiger partial charge in [-0.1, -0.05) is 0 Å². The first kappa shape index (κ1) is 14.2. The van der Waals surface area contributed by atoms with Gasteiger partial charge >= 0.3 is 0 Å². The number of aromatic nitrogens is 6. The molecule has 0 atom stereocenters. The molecule has 3 rings (SSSR count). The number of tetrazole rings is 1. The summed E-state index contributed by atoms with van der Waals surface area (Å²) in [5.41, 5.74) is 2.87. The Morgan fingerprint density at radius 3 is 3.00 bits per heavy atom. The van der Waals surface area contributed by atoms with Crippen molar-refractivity contribution in [3.8, 4) is 0 Å². The van der Waals surface area contributed by atoms with Crippen molar-refractivity contribution in [2.24, 2.45) is 0 Å². The predicted octanol–water partition coefficient (Wildman–Crippen LogP) is 0.644. The minimum absolute atomic E-state index is 0.0527. The molecule has 0 aliphatic heterocycles. The van der Waals surface area contributed by atoms with E-state index in [1.165, 1.54) is 0 Å². The molecular weight excluding hydrogens is 282 g/mol. The summed E-state index contributed by atoms with van der Waals surface area (Å²) in [5.74, 6) is 0.645. The van der Waals surface area contributed by atoms with E-state index in [-0.39, 0.29) is 5.91 Å². The zero-order valence-corrected chi connectivity index (χ0v) is 12.5. The smallest absolute Gasteiger partial charge is 0.222 e. The van der Waals surface area contributed by atoms with Crippen molar-refractivity contribution in [3.05, 3.63) is 41.6 Å². The zero-order valence-electron chi connectivity index (χ0n) is 12.5. The van der Waals surface area contributed by atoms with E-state index in [0.717, 1.165) is 16.9 Å². The summed E-state index contributed by atoms with van der Waals surface area (Å²) in [7, 11) is 0. The molecule has 3 aromatic rings. The van der Waals surface area contributed by atoms with Crippen LogP contribution in [0.1, 0.15) is 23.5 Å². The largest absolute Gasteiger partial charge is 0.350 e. The maximum absolute atomic E-state index is 11.9. The average Bonchev–Trinajstić information content (AvgIpc) is 3.08. The van der Waals surface area contributed by atoms with Gasteiger partial charge in [0.1, 0.15) is 11.5 Å². The maximum Gasteiger partial charge on any atom is 0.222 e. The predicted molar refractivity (Wildman–Crippen MR) is 78.9 cm³/mol. The Hall–Kier alpha value is -2.77. The van der Waals surface area contributed by atoms with E-state index in [1.807, 2.05) is 35.9 Å². The van der Waals surface area contributed by atoms with Crippen LogP contribution in [0.2, 0.25) is 0 Å². The fourth-order valence-corrected chi connectivity index (χ4v) is 2.16. The van der Waals surface area contributed by atoms with Crippen LogP contribution in [-0.2, 0) is 17.9 Å². The zero-order chi connectivity index (χ0) is 15.5. The monoisotopic (exact) mass is 299 g/mol. The van der Waals surface area contributed by atoms with E-state index in [1.54, 1.807) is 11.6 Å². The lowest BCUT2D eigenvalue weighted by Crippen LogP contribution is -2.24. The molecule has 114 valence electrons. The Balaban J connectivity index is 1.54. The van der Waals surface area contributed by atoms with Gasteiger partial charge < -0.3 is 9.72 Å². The van der Waals surface area contributed by atoms with Gasteiger partial charge in [0.05, 0.1) is 18.8 Å². The molecule has 0 aliphatic carbocycles. The average molecular weight is 299 g/mol. The van der Waals surface area contributed by atoms with Crippen LogP contribution < -0.4 is 5.32 Å². The first-order valence-corrected chi connectivity index (χ1v) is 7.05. The van der Waals surface area contributed by atoms with Gasteiger partial charge in [-0.2, -0.15) is 0 Å². The highest BCUT2D eigenvalue weighted by Gasteiger charge is 2.07. The Bertz CT molecular complexity index is 804. The number of imidazole rings is 1. The number of carbonyl (C=O) groups is 1. The van der Waals surface area contributed by atoms with Crippen molar-refractivity contribution < 1.29 is 4.79 Å². The minimum atomic E-state index is -0.0527. The summed E-state index contributed by atoms with van der Waals surface area (Å²) in [4.78, 5) is 16.3. The normalized spacial score (nSPS) is 11.0. The van der Waals surface area contributed by atoms with Gasteiger partial charge in [-0.15, -0.1) is 5.10 Å². The number of amides is 1. The Labute approximate surface area is 127 Å². The van der Waals surface area contributed by atoms with E-state index in [9.17, 15) is 4.79 Å². The van der Waals surface area contributed by atoms with E-state index >= 15 is 0 Å². The number of carbonyl (C=O) groups excluding carboxylic acids is 1. The molecule has 0 spiro atoms. The van der Waals surface area contributed by atoms with Crippen molar-refractivity contribution in [2.75, 3.05) is 0 Å². The van der Waals surface area contributed by atoms with Crippen LogP contribution in [0.5, 0.6) is 0 Å². The van der Waals surface area contributed by atoms with Crippen LogP contribution in [0.3, 0.4) is 0 Å². The van der Waals surface area contributed by atoms with Gasteiger partial charge in [0.2, 0.25) is 5.91 Å². The maximum atomic E-state index is 11.9. The minimum Gasteiger partial charge on any atom is -0.350 e. The van der Waals surface area contributed by atoms with E-state index in [2.05, 4.69) is 25.8 Å². The number of hydrogen-bond acceptors (Lipinski definition) is 5. The number of hydrogen-bond donors (Lipinski definition) is 1. The lowest BCUT2D eigenvalue weighted by molar-refractivity contribution is -0.121. The molecule has 1 N–H and O–H groups in total. The van der Waals surface area contributed by atoms with Gasteiger partial charge in [0, 0.05) is 18.8 Å². The van der Waals surface area contributed by atoms with E-state index < -0.39 is 0 Å². The summed E-state index contributed by atoms with van der Waals surface area (Å²) < 4.78 is 3.55. The highest BCUT2D eigenvalue weighted by molar-refractivity contribution is 5.75. The van der Waals surface area contributed by atoms with E-state index in [0.29, 0.717) is 25.3 Å². The third-order valence-electron chi connectivity index (χ3n) is 3.39. The molecule has 0 saturated carbocycles. The van der Waals surface area contributed by atoms with Gasteiger partial charge in [-0.05, 0) is 42.0 Å². The molecule has 8 heteroatoms. The van der Waals surface area contributed by atoms with Crippen molar-refractivity contribution in [1.29, 1.82) is 0 Å². The first-order valence-electron chi connectivity index (χ1n) is 7.05. The number of pyridine rings is 1. The second-order valence-electron chi connectivity index (χ2n) is 5.18. The lowest BCUT2D eigenvalue weighted by atomic mass is 10.3. The second kappa shape index (κ2) is 5.92. The molecule has 0 aromatic carbocycles. The van der Waals surface area contributed by atoms with Crippen LogP contribution in [-0.4, -0.2) is 35.5 Å². The molecule has 3 aromatic heterocycles. The fraction of sp³-hybridized carbons (Fsp3) is 0.357. The van der Waals surface area contributed by atoms with Crippen LogP contribution in [0, 0.1) is 13.8 Å².